The van der Waals surface area contributed by atoms with Crippen LogP contribution in [0.2, 0.25) is 0 Å². The van der Waals surface area contributed by atoms with E-state index in [0.29, 0.717) is 5.69 Å². The summed E-state index contributed by atoms with van der Waals surface area (Å²) in [4.78, 5) is -0.308. The van der Waals surface area contributed by atoms with Crippen molar-refractivity contribution in [3.8, 4) is 0 Å². The van der Waals surface area contributed by atoms with E-state index in [4.69, 9.17) is 5.73 Å². The van der Waals surface area contributed by atoms with Gasteiger partial charge in [0.2, 0.25) is 10.0 Å². The Hall–Kier alpha value is -1.84. The van der Waals surface area contributed by atoms with Crippen LogP contribution in [0.25, 0.3) is 0 Å². The zero-order valence-corrected chi connectivity index (χ0v) is 12.7. The Kier molecular flexibility index (Phi) is 4.35. The van der Waals surface area contributed by atoms with E-state index in [-0.39, 0.29) is 22.0 Å². The fourth-order valence-corrected chi connectivity index (χ4v) is 2.85. The Labute approximate surface area is 126 Å². The molecule has 0 saturated carbocycles. The minimum atomic E-state index is -3.80. The first-order valence-corrected chi connectivity index (χ1v) is 7.76. The molecular formula is C12H13FN4O2S2. The van der Waals surface area contributed by atoms with Crippen molar-refractivity contribution in [1.82, 2.24) is 14.5 Å². The zero-order valence-electron chi connectivity index (χ0n) is 11.1. The molecule has 2 aromatic rings. The lowest BCUT2D eigenvalue weighted by Crippen LogP contribution is -2.24. The van der Waals surface area contributed by atoms with Gasteiger partial charge in [-0.1, -0.05) is 12.2 Å². The molecule has 0 aliphatic carbocycles. The topological polar surface area (TPSA) is 90.0 Å². The van der Waals surface area contributed by atoms with E-state index in [1.54, 1.807) is 24.0 Å². The van der Waals surface area contributed by atoms with Crippen LogP contribution in [-0.2, 0) is 23.6 Å². The molecular weight excluding hydrogens is 315 g/mol. The van der Waals surface area contributed by atoms with E-state index in [1.807, 2.05) is 0 Å². The maximum atomic E-state index is 13.5. The largest absolute Gasteiger partial charge is 0.389 e. The average Bonchev–Trinajstić information content (AvgIpc) is 2.82. The van der Waals surface area contributed by atoms with Crippen molar-refractivity contribution in [3.05, 3.63) is 47.5 Å². The third kappa shape index (κ3) is 3.63. The predicted octanol–water partition coefficient (Wildman–Crippen LogP) is 0.672. The Morgan fingerprint density at radius 3 is 2.76 bits per heavy atom. The van der Waals surface area contributed by atoms with Gasteiger partial charge in [0.1, 0.15) is 10.8 Å². The van der Waals surface area contributed by atoms with E-state index in [2.05, 4.69) is 22.0 Å². The molecule has 1 heterocycles. The van der Waals surface area contributed by atoms with Gasteiger partial charge in [0, 0.05) is 18.8 Å². The summed E-state index contributed by atoms with van der Waals surface area (Å²) in [6.07, 6.45) is 1.70. The van der Waals surface area contributed by atoms with E-state index in [9.17, 15) is 12.8 Å². The van der Waals surface area contributed by atoms with Crippen LogP contribution in [0.15, 0.2) is 35.4 Å². The van der Waals surface area contributed by atoms with Gasteiger partial charge in [0.25, 0.3) is 0 Å². The van der Waals surface area contributed by atoms with Crippen LogP contribution in [0.4, 0.5) is 4.39 Å². The van der Waals surface area contributed by atoms with Crippen LogP contribution in [-0.4, -0.2) is 23.2 Å². The van der Waals surface area contributed by atoms with Gasteiger partial charge in [-0.15, -0.1) is 0 Å². The van der Waals surface area contributed by atoms with Crippen molar-refractivity contribution in [2.24, 2.45) is 12.8 Å². The molecule has 9 heteroatoms. The summed E-state index contributed by atoms with van der Waals surface area (Å²) in [5.41, 5.74) is 5.82. The highest BCUT2D eigenvalue weighted by Crippen LogP contribution is 2.15. The van der Waals surface area contributed by atoms with E-state index in [0.717, 1.165) is 18.2 Å². The average molecular weight is 328 g/mol. The highest BCUT2D eigenvalue weighted by Gasteiger charge is 2.17. The maximum Gasteiger partial charge on any atom is 0.240 e. The van der Waals surface area contributed by atoms with Crippen LogP contribution >= 0.6 is 12.2 Å². The number of aromatic nitrogens is 2. The molecule has 3 N–H and O–H groups in total. The van der Waals surface area contributed by atoms with Gasteiger partial charge in [-0.25, -0.2) is 17.5 Å². The third-order valence-corrected chi connectivity index (χ3v) is 4.34. The Bertz CT molecular complexity index is 786. The lowest BCUT2D eigenvalue weighted by Gasteiger charge is -2.08. The van der Waals surface area contributed by atoms with Crippen molar-refractivity contribution in [2.45, 2.75) is 11.4 Å². The lowest BCUT2D eigenvalue weighted by atomic mass is 10.2. The molecule has 0 bridgehead atoms. The number of halogens is 1. The first kappa shape index (κ1) is 15.5. The van der Waals surface area contributed by atoms with Crippen molar-refractivity contribution in [2.75, 3.05) is 0 Å². The fraction of sp³-hybridized carbons (Fsp3) is 0.167. The Balaban J connectivity index is 2.23. The van der Waals surface area contributed by atoms with E-state index >= 15 is 0 Å². The second-order valence-electron chi connectivity index (χ2n) is 4.31. The summed E-state index contributed by atoms with van der Waals surface area (Å²) in [5.74, 6) is -0.661. The summed E-state index contributed by atoms with van der Waals surface area (Å²) in [6.45, 7) is 0.0307. The number of thiocarbonyl (C=S) groups is 1. The van der Waals surface area contributed by atoms with Gasteiger partial charge in [0.05, 0.1) is 17.1 Å². The normalized spacial score (nSPS) is 11.5. The van der Waals surface area contributed by atoms with E-state index in [1.165, 1.54) is 0 Å². The molecule has 1 aromatic carbocycles. The summed E-state index contributed by atoms with van der Waals surface area (Å²) < 4.78 is 41.7. The third-order valence-electron chi connectivity index (χ3n) is 2.73. The highest BCUT2D eigenvalue weighted by atomic mass is 32.2. The number of aryl methyl sites for hydroxylation is 1. The molecule has 0 amide bonds. The Morgan fingerprint density at radius 2 is 2.19 bits per heavy atom. The fourth-order valence-electron chi connectivity index (χ4n) is 1.67. The summed E-state index contributed by atoms with van der Waals surface area (Å²) in [5, 5.41) is 4.06. The van der Waals surface area contributed by atoms with Crippen molar-refractivity contribution in [3.63, 3.8) is 0 Å². The number of nitrogens with zero attached hydrogens (tertiary/aromatic N) is 2. The molecule has 2 rings (SSSR count). The molecule has 0 fully saturated rings. The lowest BCUT2D eigenvalue weighted by molar-refractivity contribution is 0.578. The van der Waals surface area contributed by atoms with Gasteiger partial charge in [-0.05, 0) is 24.3 Å². The maximum absolute atomic E-state index is 13.5. The Morgan fingerprint density at radius 1 is 1.48 bits per heavy atom. The molecule has 0 aliphatic heterocycles. The van der Waals surface area contributed by atoms with Gasteiger partial charge in [-0.3, -0.25) is 4.68 Å². The summed E-state index contributed by atoms with van der Waals surface area (Å²) in [6, 6.07) is 4.97. The van der Waals surface area contributed by atoms with Gasteiger partial charge >= 0.3 is 0 Å². The predicted molar refractivity (Wildman–Crippen MR) is 79.5 cm³/mol. The molecule has 0 unspecified atom stereocenters. The first-order chi connectivity index (χ1) is 9.79. The molecule has 1 aromatic heterocycles. The highest BCUT2D eigenvalue weighted by molar-refractivity contribution is 7.89. The number of sulfonamides is 1. The monoisotopic (exact) mass is 328 g/mol. The SMILES string of the molecule is Cn1ccc(CNS(=O)(=O)c2ccc(F)c(C(N)=S)c2)n1. The van der Waals surface area contributed by atoms with Crippen LogP contribution < -0.4 is 10.5 Å². The number of nitrogens with one attached hydrogen (secondary N) is 1. The number of hydrogen-bond donors (Lipinski definition) is 2. The standard InChI is InChI=1S/C12H13FN4O2S2/c1-17-5-4-8(16-17)7-15-21(18,19)9-2-3-11(13)10(6-9)12(14)20/h2-6,15H,7H2,1H3,(H2,14,20). The minimum absolute atomic E-state index is 0.0307. The zero-order chi connectivity index (χ0) is 15.6. The van der Waals surface area contributed by atoms with Crippen LogP contribution in [0.3, 0.4) is 0 Å². The molecule has 6 nitrogen and oxygen atoms in total. The molecule has 112 valence electrons. The van der Waals surface area contributed by atoms with Crippen LogP contribution in [0.1, 0.15) is 11.3 Å². The second-order valence-corrected chi connectivity index (χ2v) is 6.52. The summed E-state index contributed by atoms with van der Waals surface area (Å²) in [7, 11) is -2.07. The van der Waals surface area contributed by atoms with Crippen molar-refractivity contribution < 1.29 is 12.8 Å². The molecule has 0 aliphatic rings. The molecule has 0 saturated heterocycles. The quantitative estimate of drug-likeness (QED) is 0.788. The molecule has 0 atom stereocenters. The number of rotatable bonds is 5. The number of hydrogen-bond acceptors (Lipinski definition) is 4. The second kappa shape index (κ2) is 5.88. The van der Waals surface area contributed by atoms with Crippen LogP contribution in [0, 0.1) is 5.82 Å². The van der Waals surface area contributed by atoms with Crippen molar-refractivity contribution in [1.29, 1.82) is 0 Å². The number of benzene rings is 1. The summed E-state index contributed by atoms with van der Waals surface area (Å²) >= 11 is 4.69. The van der Waals surface area contributed by atoms with Crippen molar-refractivity contribution >= 4 is 27.2 Å². The van der Waals surface area contributed by atoms with E-state index < -0.39 is 15.8 Å². The molecule has 21 heavy (non-hydrogen) atoms. The van der Waals surface area contributed by atoms with Crippen LogP contribution in [0.5, 0.6) is 0 Å². The van der Waals surface area contributed by atoms with Gasteiger partial charge in [0.15, 0.2) is 0 Å². The smallest absolute Gasteiger partial charge is 0.240 e. The number of nitrogens with two attached hydrogens (primary N) is 1. The van der Waals surface area contributed by atoms with Gasteiger partial charge in [-0.2, -0.15) is 5.10 Å². The van der Waals surface area contributed by atoms with Gasteiger partial charge < -0.3 is 5.73 Å². The molecule has 0 radical (unpaired) electrons. The minimum Gasteiger partial charge on any atom is -0.389 e. The first-order valence-electron chi connectivity index (χ1n) is 5.87. The molecule has 0 spiro atoms.